The summed E-state index contributed by atoms with van der Waals surface area (Å²) in [6.07, 6.45) is -0.742. The lowest BCUT2D eigenvalue weighted by Gasteiger charge is -2.33. The Hall–Kier alpha value is -1.30. The second-order valence-electron chi connectivity index (χ2n) is 5.02. The molecule has 100 valence electrons. The van der Waals surface area contributed by atoms with Gasteiger partial charge in [0.25, 0.3) is 0 Å². The number of amides is 1. The van der Waals surface area contributed by atoms with Gasteiger partial charge in [-0.1, -0.05) is 0 Å². The topological polar surface area (TPSA) is 87.1 Å². The Bertz CT molecular complexity index is 282. The molecule has 0 aliphatic heterocycles. The van der Waals surface area contributed by atoms with Crippen LogP contribution in [0, 0.1) is 0 Å². The summed E-state index contributed by atoms with van der Waals surface area (Å²) in [4.78, 5) is 23.8. The van der Waals surface area contributed by atoms with E-state index in [1.807, 2.05) is 0 Å². The molecule has 0 radical (unpaired) electrons. The van der Waals surface area contributed by atoms with E-state index in [1.54, 1.807) is 34.6 Å². The van der Waals surface area contributed by atoms with E-state index >= 15 is 0 Å². The minimum absolute atomic E-state index is 0.377. The molecule has 0 bridgehead atoms. The molecule has 0 aromatic heterocycles. The van der Waals surface area contributed by atoms with Crippen molar-refractivity contribution in [1.82, 2.24) is 4.90 Å². The predicted octanol–water partition coefficient (Wildman–Crippen LogP) is 1.08. The molecule has 2 N–H and O–H groups in total. The van der Waals surface area contributed by atoms with E-state index in [0.717, 1.165) is 4.90 Å². The number of carboxylic acids is 1. The highest BCUT2D eigenvalue weighted by Gasteiger charge is 2.34. The number of rotatable bonds is 4. The van der Waals surface area contributed by atoms with Crippen LogP contribution in [-0.4, -0.2) is 51.5 Å². The van der Waals surface area contributed by atoms with E-state index in [9.17, 15) is 9.59 Å². The standard InChI is InChI=1S/C11H21NO5/c1-7(2)12(8(6-13)9(14)15)10(16)17-11(3,4)5/h7-8,13H,6H2,1-5H3,(H,14,15)/t8-/m0/s1. The van der Waals surface area contributed by atoms with Gasteiger partial charge in [-0.15, -0.1) is 0 Å². The van der Waals surface area contributed by atoms with E-state index in [0.29, 0.717) is 0 Å². The van der Waals surface area contributed by atoms with Gasteiger partial charge in [-0.05, 0) is 34.6 Å². The number of aliphatic hydroxyl groups is 1. The summed E-state index contributed by atoms with van der Waals surface area (Å²) in [5.41, 5.74) is -0.706. The van der Waals surface area contributed by atoms with E-state index in [1.165, 1.54) is 0 Å². The first kappa shape index (κ1) is 15.7. The van der Waals surface area contributed by atoms with Crippen LogP contribution >= 0.6 is 0 Å². The number of aliphatic hydroxyl groups excluding tert-OH is 1. The van der Waals surface area contributed by atoms with E-state index in [-0.39, 0.29) is 6.04 Å². The zero-order valence-electron chi connectivity index (χ0n) is 10.9. The lowest BCUT2D eigenvalue weighted by molar-refractivity contribution is -0.145. The Labute approximate surface area is 101 Å². The highest BCUT2D eigenvalue weighted by atomic mass is 16.6. The third-order valence-corrected chi connectivity index (χ3v) is 1.95. The molecule has 0 saturated heterocycles. The van der Waals surface area contributed by atoms with Crippen LogP contribution in [0.5, 0.6) is 0 Å². The quantitative estimate of drug-likeness (QED) is 0.776. The summed E-state index contributed by atoms with van der Waals surface area (Å²) in [7, 11) is 0. The van der Waals surface area contributed by atoms with Crippen molar-refractivity contribution in [2.24, 2.45) is 0 Å². The first-order chi connectivity index (χ1) is 7.60. The fourth-order valence-electron chi connectivity index (χ4n) is 1.30. The molecule has 0 saturated carbocycles. The number of hydrogen-bond donors (Lipinski definition) is 2. The normalized spacial score (nSPS) is 13.4. The monoisotopic (exact) mass is 247 g/mol. The average molecular weight is 247 g/mol. The molecule has 17 heavy (non-hydrogen) atoms. The van der Waals surface area contributed by atoms with Crippen LogP contribution in [-0.2, 0) is 9.53 Å². The van der Waals surface area contributed by atoms with Gasteiger partial charge in [0.2, 0.25) is 0 Å². The first-order valence-electron chi connectivity index (χ1n) is 5.45. The van der Waals surface area contributed by atoms with Crippen molar-refractivity contribution >= 4 is 12.1 Å². The van der Waals surface area contributed by atoms with Gasteiger partial charge in [0.15, 0.2) is 6.04 Å². The van der Waals surface area contributed by atoms with Crippen LogP contribution in [0.2, 0.25) is 0 Å². The van der Waals surface area contributed by atoms with Crippen LogP contribution in [0.25, 0.3) is 0 Å². The van der Waals surface area contributed by atoms with E-state index < -0.39 is 30.3 Å². The van der Waals surface area contributed by atoms with Crippen LogP contribution in [0.15, 0.2) is 0 Å². The average Bonchev–Trinajstić information content (AvgIpc) is 2.08. The van der Waals surface area contributed by atoms with Crippen molar-refractivity contribution in [2.75, 3.05) is 6.61 Å². The number of carbonyl (C=O) groups excluding carboxylic acids is 1. The van der Waals surface area contributed by atoms with Crippen molar-refractivity contribution in [3.05, 3.63) is 0 Å². The number of hydrogen-bond acceptors (Lipinski definition) is 4. The maximum absolute atomic E-state index is 11.8. The number of aliphatic carboxylic acids is 1. The molecule has 6 heteroatoms. The van der Waals surface area contributed by atoms with Gasteiger partial charge < -0.3 is 14.9 Å². The second kappa shape index (κ2) is 5.86. The maximum atomic E-state index is 11.8. The molecule has 0 unspecified atom stereocenters. The Balaban J connectivity index is 4.97. The van der Waals surface area contributed by atoms with Crippen molar-refractivity contribution in [3.63, 3.8) is 0 Å². The molecular formula is C11H21NO5. The second-order valence-corrected chi connectivity index (χ2v) is 5.02. The summed E-state index contributed by atoms with van der Waals surface area (Å²) in [5.74, 6) is -1.26. The number of ether oxygens (including phenoxy) is 1. The highest BCUT2D eigenvalue weighted by molar-refractivity contribution is 5.80. The van der Waals surface area contributed by atoms with Crippen LogP contribution in [0.1, 0.15) is 34.6 Å². The Morgan fingerprint density at radius 3 is 2.00 bits per heavy atom. The van der Waals surface area contributed by atoms with Gasteiger partial charge in [0, 0.05) is 6.04 Å². The molecule has 0 aliphatic carbocycles. The molecule has 1 atom stereocenters. The van der Waals surface area contributed by atoms with Crippen molar-refractivity contribution in [3.8, 4) is 0 Å². The molecule has 6 nitrogen and oxygen atoms in total. The summed E-state index contributed by atoms with van der Waals surface area (Å²) in [6.45, 7) is 7.76. The molecule has 0 aromatic carbocycles. The zero-order valence-corrected chi connectivity index (χ0v) is 10.9. The van der Waals surface area contributed by atoms with Gasteiger partial charge in [-0.3, -0.25) is 4.90 Å². The molecule has 0 fully saturated rings. The molecule has 1 amide bonds. The van der Waals surface area contributed by atoms with Crippen molar-refractivity contribution in [2.45, 2.75) is 52.3 Å². The van der Waals surface area contributed by atoms with Crippen LogP contribution < -0.4 is 0 Å². The smallest absolute Gasteiger partial charge is 0.411 e. The Morgan fingerprint density at radius 1 is 1.29 bits per heavy atom. The van der Waals surface area contributed by atoms with E-state index in [4.69, 9.17) is 14.9 Å². The SMILES string of the molecule is CC(C)N(C(=O)OC(C)(C)C)[C@@H](CO)C(=O)O. The minimum Gasteiger partial charge on any atom is -0.480 e. The minimum atomic E-state index is -1.29. The summed E-state index contributed by atoms with van der Waals surface area (Å²) in [6, 6.07) is -1.66. The fourth-order valence-corrected chi connectivity index (χ4v) is 1.30. The number of carbonyl (C=O) groups is 2. The van der Waals surface area contributed by atoms with Gasteiger partial charge in [-0.25, -0.2) is 9.59 Å². The summed E-state index contributed by atoms with van der Waals surface area (Å²) in [5, 5.41) is 18.0. The highest BCUT2D eigenvalue weighted by Crippen LogP contribution is 2.14. The first-order valence-corrected chi connectivity index (χ1v) is 5.45. The molecule has 0 spiro atoms. The molecule has 0 aromatic rings. The van der Waals surface area contributed by atoms with Gasteiger partial charge in [0.1, 0.15) is 5.60 Å². The Morgan fingerprint density at radius 2 is 1.76 bits per heavy atom. The van der Waals surface area contributed by atoms with Crippen LogP contribution in [0.4, 0.5) is 4.79 Å². The summed E-state index contributed by atoms with van der Waals surface area (Å²) >= 11 is 0. The lowest BCUT2D eigenvalue weighted by atomic mass is 10.2. The Kier molecular flexibility index (Phi) is 5.41. The zero-order chi connectivity index (χ0) is 13.8. The molecule has 0 rings (SSSR count). The van der Waals surface area contributed by atoms with Crippen LogP contribution in [0.3, 0.4) is 0 Å². The summed E-state index contributed by atoms with van der Waals surface area (Å²) < 4.78 is 5.11. The van der Waals surface area contributed by atoms with Crippen molar-refractivity contribution < 1.29 is 24.5 Å². The molecular weight excluding hydrogens is 226 g/mol. The largest absolute Gasteiger partial charge is 0.480 e. The third-order valence-electron chi connectivity index (χ3n) is 1.95. The predicted molar refractivity (Wildman–Crippen MR) is 61.7 cm³/mol. The van der Waals surface area contributed by atoms with Gasteiger partial charge in [0.05, 0.1) is 6.61 Å². The van der Waals surface area contributed by atoms with Gasteiger partial charge >= 0.3 is 12.1 Å². The fraction of sp³-hybridized carbons (Fsp3) is 0.818. The maximum Gasteiger partial charge on any atom is 0.411 e. The van der Waals surface area contributed by atoms with E-state index in [2.05, 4.69) is 0 Å². The number of carboxylic acid groups (broad SMARTS) is 1. The lowest BCUT2D eigenvalue weighted by Crippen LogP contribution is -2.52. The molecule has 0 heterocycles. The third kappa shape index (κ3) is 5.04. The van der Waals surface area contributed by atoms with Crippen molar-refractivity contribution in [1.29, 1.82) is 0 Å². The molecule has 0 aliphatic rings. The number of nitrogens with zero attached hydrogens (tertiary/aromatic N) is 1. The van der Waals surface area contributed by atoms with Gasteiger partial charge in [-0.2, -0.15) is 0 Å².